The van der Waals surface area contributed by atoms with Gasteiger partial charge in [-0.25, -0.2) is 0 Å². The Bertz CT molecular complexity index is 611. The van der Waals surface area contributed by atoms with Crippen molar-refractivity contribution in [3.05, 3.63) is 18.0 Å². The fourth-order valence-corrected chi connectivity index (χ4v) is 4.42. The minimum absolute atomic E-state index is 0.0552. The molecule has 7 heteroatoms. The predicted molar refractivity (Wildman–Crippen MR) is 86.3 cm³/mol. The Morgan fingerprint density at radius 1 is 1.29 bits per heavy atom. The Balaban J connectivity index is 1.48. The van der Waals surface area contributed by atoms with E-state index in [4.69, 9.17) is 4.74 Å². The van der Waals surface area contributed by atoms with Gasteiger partial charge in [0.2, 0.25) is 5.91 Å². The van der Waals surface area contributed by atoms with Crippen LogP contribution in [0, 0.1) is 5.41 Å². The van der Waals surface area contributed by atoms with Crippen molar-refractivity contribution in [2.75, 3.05) is 32.8 Å². The molecule has 0 saturated carbocycles. The van der Waals surface area contributed by atoms with Crippen molar-refractivity contribution in [3.63, 3.8) is 0 Å². The van der Waals surface area contributed by atoms with Gasteiger partial charge in [0, 0.05) is 45.1 Å². The first-order valence-electron chi connectivity index (χ1n) is 8.87. The van der Waals surface area contributed by atoms with E-state index in [-0.39, 0.29) is 17.2 Å². The summed E-state index contributed by atoms with van der Waals surface area (Å²) in [6, 6.07) is 1.99. The molecule has 1 aromatic rings. The molecule has 3 fully saturated rings. The van der Waals surface area contributed by atoms with E-state index in [9.17, 15) is 9.59 Å². The maximum absolute atomic E-state index is 13.2. The number of rotatable bonds is 2. The second-order valence-electron chi connectivity index (χ2n) is 7.17. The third kappa shape index (κ3) is 2.60. The van der Waals surface area contributed by atoms with Gasteiger partial charge in [-0.15, -0.1) is 0 Å². The highest BCUT2D eigenvalue weighted by molar-refractivity contribution is 5.93. The highest BCUT2D eigenvalue weighted by Crippen LogP contribution is 2.41. The predicted octanol–water partition coefficient (Wildman–Crippen LogP) is 1.04. The van der Waals surface area contributed by atoms with Crippen LogP contribution in [0.4, 0.5) is 0 Å². The summed E-state index contributed by atoms with van der Waals surface area (Å²) in [6.45, 7) is 3.51. The summed E-state index contributed by atoms with van der Waals surface area (Å²) in [7, 11) is 0. The van der Waals surface area contributed by atoms with Crippen molar-refractivity contribution in [2.24, 2.45) is 5.41 Å². The van der Waals surface area contributed by atoms with Crippen molar-refractivity contribution in [3.8, 4) is 0 Å². The molecule has 0 unspecified atom stereocenters. The van der Waals surface area contributed by atoms with Crippen molar-refractivity contribution < 1.29 is 14.3 Å². The summed E-state index contributed by atoms with van der Waals surface area (Å²) in [6.07, 6.45) is 6.12. The van der Waals surface area contributed by atoms with E-state index in [0.717, 1.165) is 51.9 Å². The van der Waals surface area contributed by atoms with Crippen molar-refractivity contribution in [2.45, 2.75) is 38.1 Å². The summed E-state index contributed by atoms with van der Waals surface area (Å²) in [5.41, 5.74) is 0.114. The van der Waals surface area contributed by atoms with Crippen LogP contribution in [0.25, 0.3) is 0 Å². The number of H-pyrrole nitrogens is 1. The van der Waals surface area contributed by atoms with Crippen LogP contribution in [0.5, 0.6) is 0 Å². The fourth-order valence-electron chi connectivity index (χ4n) is 4.42. The molecule has 0 aromatic carbocycles. The highest BCUT2D eigenvalue weighted by Gasteiger charge is 2.50. The highest BCUT2D eigenvalue weighted by atomic mass is 16.5. The lowest BCUT2D eigenvalue weighted by Gasteiger charge is -2.44. The molecule has 3 saturated heterocycles. The van der Waals surface area contributed by atoms with Gasteiger partial charge in [-0.05, 0) is 38.2 Å². The van der Waals surface area contributed by atoms with Crippen LogP contribution in [0.1, 0.15) is 42.6 Å². The molecule has 1 aromatic heterocycles. The lowest BCUT2D eigenvalue weighted by molar-refractivity contribution is -0.150. The molecule has 7 nitrogen and oxygen atoms in total. The van der Waals surface area contributed by atoms with E-state index in [1.54, 1.807) is 17.2 Å². The topological polar surface area (TPSA) is 78.5 Å². The summed E-state index contributed by atoms with van der Waals surface area (Å²) < 4.78 is 5.43. The van der Waals surface area contributed by atoms with Crippen LogP contribution in [-0.2, 0) is 9.53 Å². The number of amides is 2. The van der Waals surface area contributed by atoms with Crippen LogP contribution in [0.15, 0.2) is 12.3 Å². The molecule has 2 amide bonds. The summed E-state index contributed by atoms with van der Waals surface area (Å²) in [5, 5.41) is 6.57. The van der Waals surface area contributed by atoms with Gasteiger partial charge in [-0.2, -0.15) is 5.10 Å². The molecular weight excluding hydrogens is 308 g/mol. The standard InChI is InChI=1S/C17H24N4O3/c22-15(14-2-7-18-19-14)20-9-6-17(12-20)5-1-8-21(16(17)23)13-3-10-24-11-4-13/h2,7,13H,1,3-6,8-12H2,(H,18,19)/t17-/m1/s1. The minimum Gasteiger partial charge on any atom is -0.381 e. The molecule has 3 aliphatic heterocycles. The van der Waals surface area contributed by atoms with Crippen LogP contribution < -0.4 is 0 Å². The maximum atomic E-state index is 13.2. The number of piperidine rings is 1. The smallest absolute Gasteiger partial charge is 0.271 e. The first kappa shape index (κ1) is 15.6. The number of hydrogen-bond donors (Lipinski definition) is 1. The SMILES string of the molecule is O=C(c1ccn[nH]1)N1CC[C@]2(CCCN(C3CCOCC3)C2=O)C1. The monoisotopic (exact) mass is 332 g/mol. The molecule has 0 bridgehead atoms. The van der Waals surface area contributed by atoms with E-state index in [1.807, 2.05) is 0 Å². The zero-order chi connectivity index (χ0) is 16.6. The quantitative estimate of drug-likeness (QED) is 0.878. The average Bonchev–Trinajstić information content (AvgIpc) is 3.29. The zero-order valence-corrected chi connectivity index (χ0v) is 13.9. The summed E-state index contributed by atoms with van der Waals surface area (Å²) >= 11 is 0. The van der Waals surface area contributed by atoms with Crippen LogP contribution in [-0.4, -0.2) is 70.7 Å². The van der Waals surface area contributed by atoms with E-state index in [2.05, 4.69) is 15.1 Å². The number of nitrogens with zero attached hydrogens (tertiary/aromatic N) is 3. The Morgan fingerprint density at radius 2 is 2.12 bits per heavy atom. The Morgan fingerprint density at radius 3 is 2.88 bits per heavy atom. The average molecular weight is 332 g/mol. The van der Waals surface area contributed by atoms with Gasteiger partial charge in [0.1, 0.15) is 5.69 Å². The van der Waals surface area contributed by atoms with Gasteiger partial charge in [0.15, 0.2) is 0 Å². The van der Waals surface area contributed by atoms with Gasteiger partial charge in [0.05, 0.1) is 5.41 Å². The Hall–Kier alpha value is -1.89. The largest absolute Gasteiger partial charge is 0.381 e. The molecule has 0 aliphatic carbocycles. The van der Waals surface area contributed by atoms with E-state index in [0.29, 0.717) is 24.8 Å². The minimum atomic E-state index is -0.383. The van der Waals surface area contributed by atoms with Crippen molar-refractivity contribution in [1.82, 2.24) is 20.0 Å². The number of carbonyl (C=O) groups is 2. The molecule has 4 heterocycles. The normalized spacial score (nSPS) is 28.8. The first-order valence-corrected chi connectivity index (χ1v) is 8.87. The van der Waals surface area contributed by atoms with Gasteiger partial charge in [-0.3, -0.25) is 14.7 Å². The third-order valence-corrected chi connectivity index (χ3v) is 5.77. The fraction of sp³-hybridized carbons (Fsp3) is 0.706. The van der Waals surface area contributed by atoms with Gasteiger partial charge < -0.3 is 14.5 Å². The second-order valence-corrected chi connectivity index (χ2v) is 7.17. The molecule has 3 aliphatic rings. The van der Waals surface area contributed by atoms with Crippen LogP contribution in [0.2, 0.25) is 0 Å². The molecule has 1 atom stereocenters. The number of hydrogen-bond acceptors (Lipinski definition) is 4. The van der Waals surface area contributed by atoms with E-state index >= 15 is 0 Å². The summed E-state index contributed by atoms with van der Waals surface area (Å²) in [4.78, 5) is 29.7. The maximum Gasteiger partial charge on any atom is 0.271 e. The number of carbonyl (C=O) groups excluding carboxylic acids is 2. The molecule has 1 spiro atoms. The Kier molecular flexibility index (Phi) is 4.04. The lowest BCUT2D eigenvalue weighted by Crippen LogP contribution is -2.55. The Labute approximate surface area is 141 Å². The summed E-state index contributed by atoms with van der Waals surface area (Å²) in [5.74, 6) is 0.195. The molecule has 4 rings (SSSR count). The van der Waals surface area contributed by atoms with Crippen LogP contribution >= 0.6 is 0 Å². The van der Waals surface area contributed by atoms with Gasteiger partial charge in [-0.1, -0.05) is 0 Å². The molecular formula is C17H24N4O3. The zero-order valence-electron chi connectivity index (χ0n) is 13.9. The number of aromatic nitrogens is 2. The molecule has 24 heavy (non-hydrogen) atoms. The second kappa shape index (κ2) is 6.20. The van der Waals surface area contributed by atoms with E-state index < -0.39 is 0 Å². The van der Waals surface area contributed by atoms with Crippen molar-refractivity contribution in [1.29, 1.82) is 0 Å². The number of aromatic amines is 1. The first-order chi connectivity index (χ1) is 11.7. The lowest BCUT2D eigenvalue weighted by atomic mass is 9.77. The number of ether oxygens (including phenoxy) is 1. The van der Waals surface area contributed by atoms with Gasteiger partial charge in [0.25, 0.3) is 5.91 Å². The molecule has 130 valence electrons. The number of likely N-dealkylation sites (tertiary alicyclic amines) is 2. The molecule has 1 N–H and O–H groups in total. The van der Waals surface area contributed by atoms with Gasteiger partial charge >= 0.3 is 0 Å². The third-order valence-electron chi connectivity index (χ3n) is 5.77. The van der Waals surface area contributed by atoms with Crippen LogP contribution in [0.3, 0.4) is 0 Å². The number of nitrogens with one attached hydrogen (secondary N) is 1. The molecule has 0 radical (unpaired) electrons. The van der Waals surface area contributed by atoms with E-state index in [1.165, 1.54) is 0 Å². The van der Waals surface area contributed by atoms with Crippen molar-refractivity contribution >= 4 is 11.8 Å².